The molecule has 6 heteroatoms. The van der Waals surface area contributed by atoms with Crippen LogP contribution in [0.2, 0.25) is 0 Å². The van der Waals surface area contributed by atoms with Crippen molar-refractivity contribution in [2.75, 3.05) is 25.1 Å². The molecule has 0 saturated heterocycles. The van der Waals surface area contributed by atoms with Gasteiger partial charge in [0.05, 0.1) is 13.0 Å². The van der Waals surface area contributed by atoms with Crippen LogP contribution in [-0.4, -0.2) is 25.7 Å². The normalized spacial score (nSPS) is 14.7. The van der Waals surface area contributed by atoms with Crippen molar-refractivity contribution in [2.24, 2.45) is 0 Å². The molecule has 1 N–H and O–H groups in total. The summed E-state index contributed by atoms with van der Waals surface area (Å²) in [5, 5.41) is 2.94. The zero-order valence-electron chi connectivity index (χ0n) is 12.9. The van der Waals surface area contributed by atoms with Crippen LogP contribution < -0.4 is 19.5 Å². The Hall–Kier alpha value is -2.21. The van der Waals surface area contributed by atoms with Gasteiger partial charge >= 0.3 is 0 Å². The van der Waals surface area contributed by atoms with E-state index in [0.717, 1.165) is 33.5 Å². The fourth-order valence-electron chi connectivity index (χ4n) is 2.88. The van der Waals surface area contributed by atoms with Gasteiger partial charge in [-0.2, -0.15) is 0 Å². The Kier molecular flexibility index (Phi) is 4.06. The Labute approximate surface area is 148 Å². The van der Waals surface area contributed by atoms with Crippen molar-refractivity contribution < 1.29 is 19.0 Å². The Morgan fingerprint density at radius 1 is 1.00 bits per heavy atom. The number of carbonyl (C=O) groups is 1. The molecule has 24 heavy (non-hydrogen) atoms. The molecular weight excluding hydrogens is 374 g/mol. The van der Waals surface area contributed by atoms with Gasteiger partial charge in [-0.05, 0) is 41.5 Å². The number of fused-ring (bicyclic) bond motifs is 2. The minimum Gasteiger partial charge on any atom is -0.493 e. The molecular formula is C18H16BrNO4. The van der Waals surface area contributed by atoms with E-state index >= 15 is 0 Å². The van der Waals surface area contributed by atoms with Crippen molar-refractivity contribution >= 4 is 27.5 Å². The quantitative estimate of drug-likeness (QED) is 0.874. The maximum absolute atomic E-state index is 12.4. The first-order valence-corrected chi connectivity index (χ1v) is 8.62. The molecule has 0 aromatic heterocycles. The predicted octanol–water partition coefficient (Wildman–Crippen LogP) is 3.34. The summed E-state index contributed by atoms with van der Waals surface area (Å²) in [4.78, 5) is 12.4. The number of hydrogen-bond donors (Lipinski definition) is 1. The maximum Gasteiger partial charge on any atom is 0.228 e. The average molecular weight is 390 g/mol. The SMILES string of the molecule is O=C(Cc1cc2c(cc1Br)OCCO2)Nc1ccc2c(c1)CCO2. The third kappa shape index (κ3) is 3.06. The van der Waals surface area contributed by atoms with E-state index < -0.39 is 0 Å². The van der Waals surface area contributed by atoms with Crippen LogP contribution in [-0.2, 0) is 17.6 Å². The molecule has 2 aromatic rings. The van der Waals surface area contributed by atoms with Gasteiger partial charge in [0.15, 0.2) is 11.5 Å². The molecule has 2 heterocycles. The molecule has 0 atom stereocenters. The molecule has 0 aliphatic carbocycles. The van der Waals surface area contributed by atoms with E-state index in [1.807, 2.05) is 30.3 Å². The van der Waals surface area contributed by atoms with Gasteiger partial charge in [0.2, 0.25) is 5.91 Å². The topological polar surface area (TPSA) is 56.8 Å². The zero-order valence-corrected chi connectivity index (χ0v) is 14.5. The second-order valence-corrected chi connectivity index (χ2v) is 6.59. The van der Waals surface area contributed by atoms with Gasteiger partial charge in [-0.15, -0.1) is 0 Å². The molecule has 2 aromatic carbocycles. The fourth-order valence-corrected chi connectivity index (χ4v) is 3.35. The van der Waals surface area contributed by atoms with E-state index in [0.29, 0.717) is 31.3 Å². The monoisotopic (exact) mass is 389 g/mol. The lowest BCUT2D eigenvalue weighted by atomic mass is 10.1. The average Bonchev–Trinajstić information content (AvgIpc) is 3.03. The number of amides is 1. The van der Waals surface area contributed by atoms with Crippen LogP contribution in [0.25, 0.3) is 0 Å². The van der Waals surface area contributed by atoms with Crippen LogP contribution in [0.5, 0.6) is 17.2 Å². The van der Waals surface area contributed by atoms with Crippen molar-refractivity contribution in [3.8, 4) is 17.2 Å². The number of nitrogens with one attached hydrogen (secondary N) is 1. The summed E-state index contributed by atoms with van der Waals surface area (Å²) in [6.07, 6.45) is 1.14. The highest BCUT2D eigenvalue weighted by Crippen LogP contribution is 2.36. The van der Waals surface area contributed by atoms with Gasteiger partial charge in [-0.25, -0.2) is 0 Å². The summed E-state index contributed by atoms with van der Waals surface area (Å²) < 4.78 is 17.4. The van der Waals surface area contributed by atoms with Crippen LogP contribution in [0.15, 0.2) is 34.8 Å². The highest BCUT2D eigenvalue weighted by molar-refractivity contribution is 9.10. The third-order valence-corrected chi connectivity index (χ3v) is 4.77. The van der Waals surface area contributed by atoms with E-state index in [2.05, 4.69) is 21.2 Å². The Morgan fingerprint density at radius 3 is 2.58 bits per heavy atom. The predicted molar refractivity (Wildman–Crippen MR) is 93.1 cm³/mol. The third-order valence-electron chi connectivity index (χ3n) is 4.04. The first-order valence-electron chi connectivity index (χ1n) is 7.82. The molecule has 0 saturated carbocycles. The van der Waals surface area contributed by atoms with Crippen LogP contribution in [0.3, 0.4) is 0 Å². The largest absolute Gasteiger partial charge is 0.493 e. The summed E-state index contributed by atoms with van der Waals surface area (Å²) in [5.74, 6) is 2.21. The van der Waals surface area contributed by atoms with Gasteiger partial charge < -0.3 is 19.5 Å². The van der Waals surface area contributed by atoms with E-state index in [4.69, 9.17) is 14.2 Å². The summed E-state index contributed by atoms with van der Waals surface area (Å²) in [6, 6.07) is 9.44. The molecule has 1 amide bonds. The molecule has 0 spiro atoms. The smallest absolute Gasteiger partial charge is 0.228 e. The second kappa shape index (κ2) is 6.36. The maximum atomic E-state index is 12.4. The second-order valence-electron chi connectivity index (χ2n) is 5.73. The number of carbonyl (C=O) groups excluding carboxylic acids is 1. The molecule has 0 bridgehead atoms. The Morgan fingerprint density at radius 2 is 1.75 bits per heavy atom. The first-order chi connectivity index (χ1) is 11.7. The molecule has 2 aliphatic heterocycles. The van der Waals surface area contributed by atoms with Gasteiger partial charge in [-0.1, -0.05) is 15.9 Å². The Balaban J connectivity index is 1.48. The summed E-state index contributed by atoms with van der Waals surface area (Å²) in [5.41, 5.74) is 2.78. The highest BCUT2D eigenvalue weighted by Gasteiger charge is 2.17. The number of rotatable bonds is 3. The lowest BCUT2D eigenvalue weighted by Crippen LogP contribution is -2.17. The van der Waals surface area contributed by atoms with Gasteiger partial charge in [0.1, 0.15) is 19.0 Å². The van der Waals surface area contributed by atoms with E-state index in [1.165, 1.54) is 0 Å². The molecule has 124 valence electrons. The van der Waals surface area contributed by atoms with Gasteiger partial charge in [0.25, 0.3) is 0 Å². The molecule has 0 fully saturated rings. The fraction of sp³-hybridized carbons (Fsp3) is 0.278. The van der Waals surface area contributed by atoms with Crippen molar-refractivity contribution in [2.45, 2.75) is 12.8 Å². The molecule has 2 aliphatic rings. The minimum absolute atomic E-state index is 0.0776. The standard InChI is InChI=1S/C18H16BrNO4/c19-14-10-17-16(23-5-6-24-17)8-12(14)9-18(21)20-13-1-2-15-11(7-13)3-4-22-15/h1-2,7-8,10H,3-6,9H2,(H,20,21). The zero-order chi connectivity index (χ0) is 16.5. The van der Waals surface area contributed by atoms with Crippen LogP contribution in [0, 0.1) is 0 Å². The van der Waals surface area contributed by atoms with Gasteiger partial charge in [0, 0.05) is 16.6 Å². The van der Waals surface area contributed by atoms with Crippen LogP contribution in [0.1, 0.15) is 11.1 Å². The molecule has 5 nitrogen and oxygen atoms in total. The van der Waals surface area contributed by atoms with Crippen molar-refractivity contribution in [1.29, 1.82) is 0 Å². The number of benzene rings is 2. The van der Waals surface area contributed by atoms with E-state index in [-0.39, 0.29) is 12.3 Å². The Bertz CT molecular complexity index is 806. The van der Waals surface area contributed by atoms with E-state index in [1.54, 1.807) is 0 Å². The lowest BCUT2D eigenvalue weighted by molar-refractivity contribution is -0.115. The highest BCUT2D eigenvalue weighted by atomic mass is 79.9. The number of halogens is 1. The summed E-state index contributed by atoms with van der Waals surface area (Å²) in [6.45, 7) is 1.77. The number of anilines is 1. The summed E-state index contributed by atoms with van der Waals surface area (Å²) in [7, 11) is 0. The molecule has 0 radical (unpaired) electrons. The summed E-state index contributed by atoms with van der Waals surface area (Å²) >= 11 is 3.50. The van der Waals surface area contributed by atoms with Crippen LogP contribution in [0.4, 0.5) is 5.69 Å². The van der Waals surface area contributed by atoms with Crippen molar-refractivity contribution in [1.82, 2.24) is 0 Å². The van der Waals surface area contributed by atoms with Crippen molar-refractivity contribution in [3.63, 3.8) is 0 Å². The molecule has 0 unspecified atom stereocenters. The van der Waals surface area contributed by atoms with E-state index in [9.17, 15) is 4.79 Å². The minimum atomic E-state index is -0.0776. The lowest BCUT2D eigenvalue weighted by Gasteiger charge is -2.19. The number of hydrogen-bond acceptors (Lipinski definition) is 4. The van der Waals surface area contributed by atoms with Crippen LogP contribution >= 0.6 is 15.9 Å². The first kappa shape index (κ1) is 15.3. The number of ether oxygens (including phenoxy) is 3. The molecule has 4 rings (SSSR count). The van der Waals surface area contributed by atoms with Crippen molar-refractivity contribution in [3.05, 3.63) is 45.9 Å². The van der Waals surface area contributed by atoms with Gasteiger partial charge in [-0.3, -0.25) is 4.79 Å².